The third kappa shape index (κ3) is 5.09. The first kappa shape index (κ1) is 9.48. The molecule has 1 heterocycles. The molecule has 0 fully saturated rings. The van der Waals surface area contributed by atoms with Gasteiger partial charge in [0.25, 0.3) is 0 Å². The van der Waals surface area contributed by atoms with Crippen LogP contribution in [0.15, 0.2) is 4.99 Å². The van der Waals surface area contributed by atoms with Gasteiger partial charge in [-0.25, -0.2) is 5.43 Å². The summed E-state index contributed by atoms with van der Waals surface area (Å²) < 4.78 is 0. The lowest BCUT2D eigenvalue weighted by atomic mass is 10.2. The molecule has 1 aliphatic rings. The molecule has 0 spiro atoms. The van der Waals surface area contributed by atoms with Crippen LogP contribution in [-0.2, 0) is 0 Å². The summed E-state index contributed by atoms with van der Waals surface area (Å²) in [6.45, 7) is 3.99. The summed E-state index contributed by atoms with van der Waals surface area (Å²) >= 11 is 0. The molecule has 0 aromatic heterocycles. The largest absolute Gasteiger partial charge is 0.315 e. The first-order valence-electron chi connectivity index (χ1n) is 4.67. The maximum Gasteiger partial charge on any atom is 0.0966 e. The van der Waals surface area contributed by atoms with Gasteiger partial charge < -0.3 is 10.7 Å². The maximum atomic E-state index is 4.14. The number of aliphatic imine (C=N–C) groups is 1. The Balaban J connectivity index is 2.10. The highest BCUT2D eigenvalue weighted by Crippen LogP contribution is 1.91. The molecule has 1 aliphatic heterocycles. The fourth-order valence-electron chi connectivity index (χ4n) is 1.14. The van der Waals surface area contributed by atoms with Crippen molar-refractivity contribution in [3.8, 4) is 0 Å². The Hall–Kier alpha value is -0.610. The minimum Gasteiger partial charge on any atom is -0.315 e. The van der Waals surface area contributed by atoms with Gasteiger partial charge in [-0.2, -0.15) is 0 Å². The molecule has 3 N–H and O–H groups in total. The first-order chi connectivity index (χ1) is 6.00. The molecule has 0 aromatic rings. The van der Waals surface area contributed by atoms with E-state index in [1.54, 1.807) is 6.34 Å². The van der Waals surface area contributed by atoms with Crippen molar-refractivity contribution in [2.75, 3.05) is 26.2 Å². The van der Waals surface area contributed by atoms with Crippen LogP contribution in [-0.4, -0.2) is 32.5 Å². The van der Waals surface area contributed by atoms with Gasteiger partial charge in [0.15, 0.2) is 0 Å². The van der Waals surface area contributed by atoms with Crippen molar-refractivity contribution < 1.29 is 0 Å². The van der Waals surface area contributed by atoms with Crippen LogP contribution in [0.1, 0.15) is 19.3 Å². The van der Waals surface area contributed by atoms with E-state index in [2.05, 4.69) is 21.2 Å². The third-order valence-electron chi connectivity index (χ3n) is 1.83. The lowest BCUT2D eigenvalue weighted by Crippen LogP contribution is -2.32. The Morgan fingerprint density at radius 2 is 1.92 bits per heavy atom. The van der Waals surface area contributed by atoms with E-state index in [9.17, 15) is 0 Å². The molecule has 12 heavy (non-hydrogen) atoms. The van der Waals surface area contributed by atoms with E-state index in [0.717, 1.165) is 26.2 Å². The topological polar surface area (TPSA) is 48.5 Å². The summed E-state index contributed by atoms with van der Waals surface area (Å²) in [5.74, 6) is 0. The summed E-state index contributed by atoms with van der Waals surface area (Å²) in [7, 11) is 0. The molecule has 0 saturated heterocycles. The van der Waals surface area contributed by atoms with Crippen molar-refractivity contribution in [1.29, 1.82) is 0 Å². The molecule has 0 amide bonds. The maximum absolute atomic E-state index is 4.14. The average molecular weight is 170 g/mol. The van der Waals surface area contributed by atoms with Gasteiger partial charge in [-0.1, -0.05) is 6.42 Å². The zero-order valence-electron chi connectivity index (χ0n) is 7.47. The molecule has 0 atom stereocenters. The molecule has 0 bridgehead atoms. The van der Waals surface area contributed by atoms with Crippen LogP contribution < -0.4 is 16.2 Å². The lowest BCUT2D eigenvalue weighted by molar-refractivity contribution is 0.558. The standard InChI is InChI=1S/C8H18N4/c1-2-4-9-6-7-10-8-12-11-5-3-1/h8-9,11H,1-7H2,(H,10,12). The number of hydrogen-bond donors (Lipinski definition) is 3. The molecule has 70 valence electrons. The van der Waals surface area contributed by atoms with Crippen LogP contribution in [0.5, 0.6) is 0 Å². The van der Waals surface area contributed by atoms with Gasteiger partial charge >= 0.3 is 0 Å². The Bertz CT molecular complexity index is 110. The smallest absolute Gasteiger partial charge is 0.0966 e. The minimum absolute atomic E-state index is 0.856. The van der Waals surface area contributed by atoms with E-state index in [-0.39, 0.29) is 0 Å². The van der Waals surface area contributed by atoms with Crippen LogP contribution in [0.3, 0.4) is 0 Å². The Kier molecular flexibility index (Phi) is 5.58. The summed E-state index contributed by atoms with van der Waals surface area (Å²) in [5.41, 5.74) is 6.02. The molecule has 4 nitrogen and oxygen atoms in total. The van der Waals surface area contributed by atoms with Crippen LogP contribution >= 0.6 is 0 Å². The van der Waals surface area contributed by atoms with E-state index < -0.39 is 0 Å². The van der Waals surface area contributed by atoms with Gasteiger partial charge in [-0.05, 0) is 19.4 Å². The van der Waals surface area contributed by atoms with Crippen LogP contribution in [0.25, 0.3) is 0 Å². The quantitative estimate of drug-likeness (QED) is 0.475. The van der Waals surface area contributed by atoms with Crippen molar-refractivity contribution in [1.82, 2.24) is 16.2 Å². The van der Waals surface area contributed by atoms with E-state index in [0.29, 0.717) is 0 Å². The van der Waals surface area contributed by atoms with Crippen molar-refractivity contribution in [2.24, 2.45) is 4.99 Å². The molecule has 0 radical (unpaired) electrons. The van der Waals surface area contributed by atoms with Crippen molar-refractivity contribution in [3.63, 3.8) is 0 Å². The van der Waals surface area contributed by atoms with Gasteiger partial charge in [0.1, 0.15) is 0 Å². The molecule has 4 heteroatoms. The summed E-state index contributed by atoms with van der Waals surface area (Å²) in [6.07, 6.45) is 5.51. The number of hydrazine groups is 1. The summed E-state index contributed by atoms with van der Waals surface area (Å²) in [5, 5.41) is 3.34. The fraction of sp³-hybridized carbons (Fsp3) is 0.875. The number of rotatable bonds is 0. The van der Waals surface area contributed by atoms with E-state index in [1.807, 2.05) is 0 Å². The SMILES string of the molecule is C1=NCCNCCCCCNN1. The third-order valence-corrected chi connectivity index (χ3v) is 1.83. The van der Waals surface area contributed by atoms with Gasteiger partial charge in [0.05, 0.1) is 12.9 Å². The highest BCUT2D eigenvalue weighted by molar-refractivity contribution is 5.53. The fourth-order valence-corrected chi connectivity index (χ4v) is 1.14. The van der Waals surface area contributed by atoms with Crippen molar-refractivity contribution >= 4 is 6.34 Å². The number of nitrogens with one attached hydrogen (secondary N) is 3. The highest BCUT2D eigenvalue weighted by Gasteiger charge is 1.90. The van der Waals surface area contributed by atoms with Gasteiger partial charge in [-0.15, -0.1) is 0 Å². The van der Waals surface area contributed by atoms with Gasteiger partial charge in [-0.3, -0.25) is 4.99 Å². The van der Waals surface area contributed by atoms with Crippen LogP contribution in [0.4, 0.5) is 0 Å². The summed E-state index contributed by atoms with van der Waals surface area (Å²) in [6, 6.07) is 0. The predicted octanol–water partition coefficient (Wildman–Crippen LogP) is -0.118. The molecule has 0 aliphatic carbocycles. The molecule has 1 rings (SSSR count). The molecular formula is C8H18N4. The van der Waals surface area contributed by atoms with Crippen LogP contribution in [0, 0.1) is 0 Å². The minimum atomic E-state index is 0.856. The van der Waals surface area contributed by atoms with Crippen LogP contribution in [0.2, 0.25) is 0 Å². The van der Waals surface area contributed by atoms with Crippen molar-refractivity contribution in [2.45, 2.75) is 19.3 Å². The van der Waals surface area contributed by atoms with E-state index in [4.69, 9.17) is 0 Å². The normalized spacial score (nSPS) is 22.0. The van der Waals surface area contributed by atoms with Gasteiger partial charge in [0, 0.05) is 13.1 Å². The van der Waals surface area contributed by atoms with E-state index in [1.165, 1.54) is 19.3 Å². The molecule has 0 unspecified atom stereocenters. The van der Waals surface area contributed by atoms with Gasteiger partial charge in [0.2, 0.25) is 0 Å². The molecular weight excluding hydrogens is 152 g/mol. The summed E-state index contributed by atoms with van der Waals surface area (Å²) in [4.78, 5) is 4.14. The zero-order valence-corrected chi connectivity index (χ0v) is 7.47. The second-order valence-corrected chi connectivity index (χ2v) is 2.92. The monoisotopic (exact) mass is 170 g/mol. The lowest BCUT2D eigenvalue weighted by Gasteiger charge is -2.06. The Labute approximate surface area is 73.8 Å². The predicted molar refractivity (Wildman–Crippen MR) is 51.2 cm³/mol. The first-order valence-corrected chi connectivity index (χ1v) is 4.67. The molecule has 0 aromatic carbocycles. The average Bonchev–Trinajstić information content (AvgIpc) is 2.05. The number of nitrogens with zero attached hydrogens (tertiary/aromatic N) is 1. The molecule has 0 saturated carbocycles. The van der Waals surface area contributed by atoms with Crippen molar-refractivity contribution in [3.05, 3.63) is 0 Å². The Morgan fingerprint density at radius 1 is 1.00 bits per heavy atom. The highest BCUT2D eigenvalue weighted by atomic mass is 15.4. The Morgan fingerprint density at radius 3 is 2.92 bits per heavy atom. The zero-order chi connectivity index (χ0) is 8.49. The van der Waals surface area contributed by atoms with E-state index >= 15 is 0 Å². The number of hydrogen-bond acceptors (Lipinski definition) is 4. The second kappa shape index (κ2) is 7.06. The second-order valence-electron chi connectivity index (χ2n) is 2.92.